The van der Waals surface area contributed by atoms with Gasteiger partial charge in [-0.25, -0.2) is 0 Å². The molecule has 1 saturated heterocycles. The lowest BCUT2D eigenvalue weighted by molar-refractivity contribution is -0.134. The van der Waals surface area contributed by atoms with Crippen molar-refractivity contribution < 1.29 is 4.79 Å². The third-order valence-corrected chi connectivity index (χ3v) is 5.61. The number of piperidine rings is 1. The van der Waals surface area contributed by atoms with Gasteiger partial charge in [0.25, 0.3) is 0 Å². The van der Waals surface area contributed by atoms with E-state index in [9.17, 15) is 4.79 Å². The van der Waals surface area contributed by atoms with E-state index >= 15 is 0 Å². The Morgan fingerprint density at radius 2 is 2.04 bits per heavy atom. The molecule has 1 unspecified atom stereocenters. The second kappa shape index (κ2) is 7.55. The van der Waals surface area contributed by atoms with Crippen LogP contribution >= 0.6 is 0 Å². The van der Waals surface area contributed by atoms with Crippen molar-refractivity contribution in [2.45, 2.75) is 51.6 Å². The van der Waals surface area contributed by atoms with Crippen LogP contribution in [0.4, 0.5) is 0 Å². The number of amides is 1. The Kier molecular flexibility index (Phi) is 4.97. The summed E-state index contributed by atoms with van der Waals surface area (Å²) in [6, 6.07) is 13.0. The zero-order valence-electron chi connectivity index (χ0n) is 16.1. The van der Waals surface area contributed by atoms with Crippen LogP contribution in [0.1, 0.15) is 56.3 Å². The second-order valence-corrected chi connectivity index (χ2v) is 7.73. The van der Waals surface area contributed by atoms with Crippen LogP contribution in [0.2, 0.25) is 0 Å². The van der Waals surface area contributed by atoms with E-state index in [0.717, 1.165) is 36.9 Å². The molecule has 27 heavy (non-hydrogen) atoms. The van der Waals surface area contributed by atoms with Crippen molar-refractivity contribution in [3.05, 3.63) is 66.1 Å². The van der Waals surface area contributed by atoms with Crippen molar-refractivity contribution in [3.8, 4) is 0 Å². The summed E-state index contributed by atoms with van der Waals surface area (Å²) in [6.45, 7) is 5.20. The number of likely N-dealkylation sites (tertiary alicyclic amines) is 1. The van der Waals surface area contributed by atoms with Crippen LogP contribution in [0.15, 0.2) is 55.0 Å². The number of hydrogen-bond acceptors (Lipinski definition) is 2. The SMILES string of the molecule is CC(C)n1cc(CC(=O)N2CCCCC2c2cccnc2)c2ccccc21. The Labute approximate surface area is 160 Å². The smallest absolute Gasteiger partial charge is 0.227 e. The first-order valence-electron chi connectivity index (χ1n) is 9.93. The molecule has 1 fully saturated rings. The van der Waals surface area contributed by atoms with Crippen molar-refractivity contribution in [2.24, 2.45) is 0 Å². The molecule has 4 nitrogen and oxygen atoms in total. The number of hydrogen-bond donors (Lipinski definition) is 0. The molecule has 0 N–H and O–H groups in total. The number of para-hydroxylation sites is 1. The number of carbonyl (C=O) groups is 1. The molecule has 0 spiro atoms. The maximum atomic E-state index is 13.3. The number of rotatable bonds is 4. The molecule has 3 heterocycles. The standard InChI is InChI=1S/C23H27N3O/c1-17(2)26-16-19(20-9-3-4-11-22(20)26)14-23(27)25-13-6-5-10-21(25)18-8-7-12-24-15-18/h3-4,7-9,11-12,15-17,21H,5-6,10,13-14H2,1-2H3. The summed E-state index contributed by atoms with van der Waals surface area (Å²) < 4.78 is 2.27. The van der Waals surface area contributed by atoms with Crippen LogP contribution in [-0.2, 0) is 11.2 Å². The van der Waals surface area contributed by atoms with Gasteiger partial charge in [-0.3, -0.25) is 9.78 Å². The highest BCUT2D eigenvalue weighted by Crippen LogP contribution is 2.32. The Morgan fingerprint density at radius 1 is 1.19 bits per heavy atom. The van der Waals surface area contributed by atoms with Gasteiger partial charge in [-0.15, -0.1) is 0 Å². The number of fused-ring (bicyclic) bond motifs is 1. The fourth-order valence-electron chi connectivity index (χ4n) is 4.26. The van der Waals surface area contributed by atoms with Gasteiger partial charge in [0.1, 0.15) is 0 Å². The summed E-state index contributed by atoms with van der Waals surface area (Å²) >= 11 is 0. The van der Waals surface area contributed by atoms with Gasteiger partial charge in [-0.1, -0.05) is 24.3 Å². The molecular formula is C23H27N3O. The Morgan fingerprint density at radius 3 is 2.81 bits per heavy atom. The van der Waals surface area contributed by atoms with Crippen LogP contribution < -0.4 is 0 Å². The van der Waals surface area contributed by atoms with E-state index in [-0.39, 0.29) is 11.9 Å². The van der Waals surface area contributed by atoms with E-state index in [1.165, 1.54) is 10.9 Å². The highest BCUT2D eigenvalue weighted by Gasteiger charge is 2.28. The van der Waals surface area contributed by atoms with Crippen molar-refractivity contribution in [1.29, 1.82) is 0 Å². The molecule has 1 atom stereocenters. The van der Waals surface area contributed by atoms with Gasteiger partial charge in [0, 0.05) is 42.1 Å². The van der Waals surface area contributed by atoms with Gasteiger partial charge < -0.3 is 9.47 Å². The van der Waals surface area contributed by atoms with Gasteiger partial charge in [0.2, 0.25) is 5.91 Å². The fraction of sp³-hybridized carbons (Fsp3) is 0.391. The van der Waals surface area contributed by atoms with Crippen molar-refractivity contribution in [1.82, 2.24) is 14.5 Å². The summed E-state index contributed by atoms with van der Waals surface area (Å²) in [5.74, 6) is 0.218. The maximum absolute atomic E-state index is 13.3. The van der Waals surface area contributed by atoms with E-state index in [0.29, 0.717) is 12.5 Å². The van der Waals surface area contributed by atoms with Gasteiger partial charge >= 0.3 is 0 Å². The Hall–Kier alpha value is -2.62. The minimum Gasteiger partial charge on any atom is -0.345 e. The average Bonchev–Trinajstić information content (AvgIpc) is 3.07. The molecule has 0 aliphatic carbocycles. The number of aromatic nitrogens is 2. The monoisotopic (exact) mass is 361 g/mol. The first-order valence-corrected chi connectivity index (χ1v) is 9.93. The first kappa shape index (κ1) is 17.8. The second-order valence-electron chi connectivity index (χ2n) is 7.73. The fourth-order valence-corrected chi connectivity index (χ4v) is 4.26. The molecule has 2 aromatic heterocycles. The zero-order valence-corrected chi connectivity index (χ0v) is 16.1. The van der Waals surface area contributed by atoms with E-state index in [1.807, 2.05) is 12.3 Å². The molecular weight excluding hydrogens is 334 g/mol. The highest BCUT2D eigenvalue weighted by molar-refractivity contribution is 5.89. The van der Waals surface area contributed by atoms with Crippen LogP contribution in [0.25, 0.3) is 10.9 Å². The molecule has 140 valence electrons. The molecule has 1 aromatic carbocycles. The van der Waals surface area contributed by atoms with E-state index in [2.05, 4.69) is 64.8 Å². The first-order chi connectivity index (χ1) is 13.1. The summed E-state index contributed by atoms with van der Waals surface area (Å²) in [5, 5.41) is 1.19. The summed E-state index contributed by atoms with van der Waals surface area (Å²) in [4.78, 5) is 19.6. The van der Waals surface area contributed by atoms with Crippen molar-refractivity contribution >= 4 is 16.8 Å². The van der Waals surface area contributed by atoms with Crippen LogP contribution in [-0.4, -0.2) is 26.9 Å². The lowest BCUT2D eigenvalue weighted by Gasteiger charge is -2.36. The topological polar surface area (TPSA) is 38.1 Å². The lowest BCUT2D eigenvalue weighted by atomic mass is 9.95. The normalized spacial score (nSPS) is 17.6. The van der Waals surface area contributed by atoms with Gasteiger partial charge in [-0.2, -0.15) is 0 Å². The van der Waals surface area contributed by atoms with Gasteiger partial charge in [0.05, 0.1) is 12.5 Å². The molecule has 1 aliphatic rings. The largest absolute Gasteiger partial charge is 0.345 e. The minimum atomic E-state index is 0.151. The molecule has 4 rings (SSSR count). The van der Waals surface area contributed by atoms with Crippen molar-refractivity contribution in [2.75, 3.05) is 6.54 Å². The predicted molar refractivity (Wildman–Crippen MR) is 109 cm³/mol. The Balaban J connectivity index is 1.62. The maximum Gasteiger partial charge on any atom is 0.227 e. The zero-order chi connectivity index (χ0) is 18.8. The predicted octanol–water partition coefficient (Wildman–Crippen LogP) is 4.91. The minimum absolute atomic E-state index is 0.151. The van der Waals surface area contributed by atoms with Crippen molar-refractivity contribution in [3.63, 3.8) is 0 Å². The molecule has 1 aliphatic heterocycles. The molecule has 1 amide bonds. The summed E-state index contributed by atoms with van der Waals surface area (Å²) in [6.07, 6.45) is 9.57. The Bertz CT molecular complexity index is 929. The van der Waals surface area contributed by atoms with E-state index in [1.54, 1.807) is 6.20 Å². The van der Waals surface area contributed by atoms with Gasteiger partial charge in [-0.05, 0) is 56.4 Å². The van der Waals surface area contributed by atoms with Crippen LogP contribution in [0.3, 0.4) is 0 Å². The molecule has 0 radical (unpaired) electrons. The number of carbonyl (C=O) groups excluding carboxylic acids is 1. The molecule has 0 bridgehead atoms. The third kappa shape index (κ3) is 3.48. The summed E-state index contributed by atoms with van der Waals surface area (Å²) in [7, 11) is 0. The molecule has 0 saturated carbocycles. The quantitative estimate of drug-likeness (QED) is 0.662. The number of nitrogens with zero attached hydrogens (tertiary/aromatic N) is 3. The average molecular weight is 361 g/mol. The van der Waals surface area contributed by atoms with Crippen LogP contribution in [0.5, 0.6) is 0 Å². The third-order valence-electron chi connectivity index (χ3n) is 5.61. The number of benzene rings is 1. The molecule has 3 aromatic rings. The number of pyridine rings is 1. The van der Waals surface area contributed by atoms with Gasteiger partial charge in [0.15, 0.2) is 0 Å². The van der Waals surface area contributed by atoms with Crippen LogP contribution in [0, 0.1) is 0 Å². The highest BCUT2D eigenvalue weighted by atomic mass is 16.2. The van der Waals surface area contributed by atoms with E-state index < -0.39 is 0 Å². The lowest BCUT2D eigenvalue weighted by Crippen LogP contribution is -2.39. The molecule has 4 heteroatoms. The van der Waals surface area contributed by atoms with E-state index in [4.69, 9.17) is 0 Å². The summed E-state index contributed by atoms with van der Waals surface area (Å²) in [5.41, 5.74) is 3.48.